The predicted molar refractivity (Wildman–Crippen MR) is 155 cm³/mol. The van der Waals surface area contributed by atoms with Crippen LogP contribution in [0, 0.1) is 5.92 Å². The van der Waals surface area contributed by atoms with Crippen LogP contribution in [0.15, 0.2) is 90.9 Å². The topological polar surface area (TPSA) is 0 Å². The van der Waals surface area contributed by atoms with Crippen molar-refractivity contribution in [3.63, 3.8) is 0 Å². The molecule has 0 spiro atoms. The zero-order valence-electron chi connectivity index (χ0n) is 22.4. The molecule has 0 aliphatic heterocycles. The molecule has 0 aromatic heterocycles. The van der Waals surface area contributed by atoms with Gasteiger partial charge in [0.15, 0.2) is 0 Å². The molecule has 183 valence electrons. The summed E-state index contributed by atoms with van der Waals surface area (Å²) in [4.78, 5) is 0. The van der Waals surface area contributed by atoms with Crippen molar-refractivity contribution < 1.29 is 19.1 Å². The summed E-state index contributed by atoms with van der Waals surface area (Å²) in [6.07, 6.45) is 10.4. The summed E-state index contributed by atoms with van der Waals surface area (Å²) >= 11 is -3.00. The first-order chi connectivity index (χ1) is 16.4. The van der Waals surface area contributed by atoms with Gasteiger partial charge in [0.1, 0.15) is 0 Å². The molecule has 1 aromatic rings. The molecule has 0 radical (unpaired) electrons. The quantitative estimate of drug-likeness (QED) is 0.280. The van der Waals surface area contributed by atoms with E-state index in [1.54, 1.807) is 0 Å². The Hall–Kier alpha value is -0.803. The molecule has 0 bridgehead atoms. The molecule has 35 heavy (non-hydrogen) atoms. The molecule has 0 amide bonds. The van der Waals surface area contributed by atoms with Crippen LogP contribution in [0.1, 0.15) is 72.9 Å². The van der Waals surface area contributed by atoms with E-state index in [0.29, 0.717) is 5.92 Å². The van der Waals surface area contributed by atoms with Crippen molar-refractivity contribution >= 4 is 32.2 Å². The van der Waals surface area contributed by atoms with Crippen LogP contribution in [0.5, 0.6) is 0 Å². The Morgan fingerprint density at radius 1 is 1.03 bits per heavy atom. The molecule has 0 heterocycles. The number of hydrogen-bond donors (Lipinski definition) is 0. The molecule has 0 N–H and O–H groups in total. The summed E-state index contributed by atoms with van der Waals surface area (Å²) in [5.74, 6) is 0.365. The van der Waals surface area contributed by atoms with Gasteiger partial charge in [-0.3, -0.25) is 0 Å². The van der Waals surface area contributed by atoms with Crippen molar-refractivity contribution in [1.29, 1.82) is 0 Å². The van der Waals surface area contributed by atoms with Crippen LogP contribution in [0.4, 0.5) is 0 Å². The van der Waals surface area contributed by atoms with E-state index in [1.165, 1.54) is 58.6 Å². The number of fused-ring (bicyclic) bond motifs is 1. The van der Waals surface area contributed by atoms with Crippen molar-refractivity contribution in [2.75, 3.05) is 0 Å². The number of allylic oxidation sites excluding steroid dienone is 12. The average Bonchev–Trinajstić information content (AvgIpc) is 3.16. The van der Waals surface area contributed by atoms with Gasteiger partial charge in [-0.1, -0.05) is 0 Å². The molecule has 4 heteroatoms. The standard InChI is InChI=1S/C31H37Si.2ClH.Hf/c1-9-23-17-20(3)29(22(23)5)31(25-15-13-24(14-16-25)30(6,7)8)27-18-19(2)21(4)26(27)11-10-12-28(31)32;;;/h10-17,22H,9,32H2,1-8H3;2*1H;/q;;;+2/p-2. The summed E-state index contributed by atoms with van der Waals surface area (Å²) in [6.45, 7) is 18.3. The Labute approximate surface area is 230 Å². The van der Waals surface area contributed by atoms with Crippen LogP contribution in [0.3, 0.4) is 0 Å². The fourth-order valence-electron chi connectivity index (χ4n) is 6.33. The first-order valence-corrected chi connectivity index (χ1v) is 24.0. The van der Waals surface area contributed by atoms with Gasteiger partial charge in [0, 0.05) is 0 Å². The molecule has 2 unspecified atom stereocenters. The van der Waals surface area contributed by atoms with E-state index in [9.17, 15) is 0 Å². The van der Waals surface area contributed by atoms with Crippen molar-refractivity contribution in [2.45, 2.75) is 72.6 Å². The van der Waals surface area contributed by atoms with Crippen LogP contribution in [0.25, 0.3) is 0 Å². The maximum atomic E-state index is 7.00. The van der Waals surface area contributed by atoms with E-state index in [-0.39, 0.29) is 10.8 Å². The first-order valence-electron chi connectivity index (χ1n) is 12.6. The van der Waals surface area contributed by atoms with Crippen molar-refractivity contribution in [2.24, 2.45) is 5.92 Å². The van der Waals surface area contributed by atoms with Crippen molar-refractivity contribution in [3.8, 4) is 0 Å². The minimum atomic E-state index is -3.00. The van der Waals surface area contributed by atoms with E-state index in [1.807, 2.05) is 9.85 Å². The summed E-state index contributed by atoms with van der Waals surface area (Å²) < 4.78 is 1.28. The zero-order valence-corrected chi connectivity index (χ0v) is 28.9. The van der Waals surface area contributed by atoms with Crippen LogP contribution >= 0.6 is 17.2 Å². The third-order valence-electron chi connectivity index (χ3n) is 8.28. The number of benzene rings is 1. The average molecular weight is 687 g/mol. The first kappa shape index (κ1) is 27.2. The Bertz CT molecular complexity index is 1280. The van der Waals surface area contributed by atoms with Crippen LogP contribution in [-0.2, 0) is 29.9 Å². The molecule has 2 atom stereocenters. The van der Waals surface area contributed by atoms with Gasteiger partial charge in [-0.15, -0.1) is 0 Å². The zero-order chi connectivity index (χ0) is 25.9. The molecule has 0 saturated heterocycles. The summed E-state index contributed by atoms with van der Waals surface area (Å²) in [5.41, 5.74) is 12.1. The fraction of sp³-hybridized carbons (Fsp3) is 0.387. The molecule has 3 aliphatic rings. The van der Waals surface area contributed by atoms with Gasteiger partial charge in [-0.05, 0) is 0 Å². The predicted octanol–water partition coefficient (Wildman–Crippen LogP) is 8.36. The van der Waals surface area contributed by atoms with Gasteiger partial charge in [0.2, 0.25) is 0 Å². The second-order valence-electron chi connectivity index (χ2n) is 11.2. The maximum absolute atomic E-state index is 7.00. The number of rotatable bonds is 4. The van der Waals surface area contributed by atoms with Crippen molar-refractivity contribution in [3.05, 3.63) is 102 Å². The van der Waals surface area contributed by atoms with E-state index in [4.69, 9.17) is 17.2 Å². The third kappa shape index (κ3) is 4.25. The molecule has 0 fully saturated rings. The minimum absolute atomic E-state index is 0.105. The van der Waals surface area contributed by atoms with Crippen LogP contribution in [-0.4, -0.2) is 15.0 Å². The Morgan fingerprint density at radius 2 is 1.66 bits per heavy atom. The second kappa shape index (κ2) is 9.82. The third-order valence-corrected chi connectivity index (χ3v) is 15.7. The van der Waals surface area contributed by atoms with Gasteiger partial charge in [0.25, 0.3) is 0 Å². The van der Waals surface area contributed by atoms with Gasteiger partial charge < -0.3 is 0 Å². The van der Waals surface area contributed by atoms with E-state index in [2.05, 4.69) is 104 Å². The SMILES string of the molecule is CCC1=CC(C)=C(C2(c3ccc(C(C)(C)C)cc3)C(=[SiH2])C=CC=C3C(C)=C(C)[C]([Hf]([Cl])[Cl])=C32)C1C. The van der Waals surface area contributed by atoms with Gasteiger partial charge in [-0.2, -0.15) is 0 Å². The second-order valence-corrected chi connectivity index (χ2v) is 23.4. The summed E-state index contributed by atoms with van der Waals surface area (Å²) in [7, 11) is 16.0. The molecular formula is C31H37Cl2HfSi. The van der Waals surface area contributed by atoms with Gasteiger partial charge >= 0.3 is 232 Å². The van der Waals surface area contributed by atoms with Crippen molar-refractivity contribution in [1.82, 2.24) is 0 Å². The molecule has 1 aromatic carbocycles. The Balaban J connectivity index is 2.15. The normalized spacial score (nSPS) is 24.7. The summed E-state index contributed by atoms with van der Waals surface area (Å²) in [5, 5.41) is 1.37. The monoisotopic (exact) mass is 687 g/mol. The molecular weight excluding hydrogens is 650 g/mol. The molecule has 0 saturated carbocycles. The Kier molecular flexibility index (Phi) is 7.64. The fourth-order valence-corrected chi connectivity index (χ4v) is 14.4. The van der Waals surface area contributed by atoms with Gasteiger partial charge in [-0.25, -0.2) is 0 Å². The number of halogens is 2. The van der Waals surface area contributed by atoms with Crippen LogP contribution < -0.4 is 0 Å². The molecule has 0 nitrogen and oxygen atoms in total. The Morgan fingerprint density at radius 3 is 2.17 bits per heavy atom. The van der Waals surface area contributed by atoms with E-state index < -0.39 is 19.1 Å². The van der Waals surface area contributed by atoms with E-state index >= 15 is 0 Å². The molecule has 4 rings (SSSR count). The molecule has 3 aliphatic carbocycles. The van der Waals surface area contributed by atoms with Crippen LogP contribution in [0.2, 0.25) is 0 Å². The summed E-state index contributed by atoms with van der Waals surface area (Å²) in [6, 6.07) is 9.42. The number of hydrogen-bond acceptors (Lipinski definition) is 0. The van der Waals surface area contributed by atoms with Gasteiger partial charge in [0.05, 0.1) is 0 Å². The van der Waals surface area contributed by atoms with E-state index in [0.717, 1.165) is 6.42 Å².